The molecule has 1 aliphatic rings. The van der Waals surface area contributed by atoms with Crippen LogP contribution in [-0.2, 0) is 4.74 Å². The van der Waals surface area contributed by atoms with Crippen LogP contribution in [0.2, 0.25) is 0 Å². The van der Waals surface area contributed by atoms with Gasteiger partial charge in [0, 0.05) is 26.3 Å². The van der Waals surface area contributed by atoms with Crippen LogP contribution in [-0.4, -0.2) is 41.2 Å². The quantitative estimate of drug-likeness (QED) is 0.629. The van der Waals surface area contributed by atoms with Gasteiger partial charge in [0.05, 0.1) is 24.8 Å². The minimum absolute atomic E-state index is 0.160. The molecule has 0 amide bonds. The van der Waals surface area contributed by atoms with Crippen molar-refractivity contribution in [3.8, 4) is 28.6 Å². The van der Waals surface area contributed by atoms with Crippen molar-refractivity contribution in [2.75, 3.05) is 46.1 Å². The van der Waals surface area contributed by atoms with Gasteiger partial charge in [0.25, 0.3) is 0 Å². The van der Waals surface area contributed by atoms with Gasteiger partial charge in [0.1, 0.15) is 0 Å². The standard InChI is InChI=1S/C22H23NO6/c1-13-9-15-19(24)22(26-4)20(14-5-6-17-18(11-14)28-12-27-17)29-21(15)16(10-13)23(2)7-8-25-3/h5-6,9-11H,7-8,12H2,1-4H3. The fraction of sp³-hybridized carbons (Fsp3) is 0.318. The van der Waals surface area contributed by atoms with Crippen molar-refractivity contribution in [1.29, 1.82) is 0 Å². The van der Waals surface area contributed by atoms with E-state index in [2.05, 4.69) is 0 Å². The Balaban J connectivity index is 1.95. The first-order valence-corrected chi connectivity index (χ1v) is 9.29. The molecule has 0 aliphatic carbocycles. The van der Waals surface area contributed by atoms with Gasteiger partial charge >= 0.3 is 0 Å². The molecule has 29 heavy (non-hydrogen) atoms. The molecule has 0 N–H and O–H groups in total. The summed E-state index contributed by atoms with van der Waals surface area (Å²) in [4.78, 5) is 15.3. The maximum atomic E-state index is 13.2. The number of anilines is 1. The first-order chi connectivity index (χ1) is 14.0. The van der Waals surface area contributed by atoms with E-state index in [-0.39, 0.29) is 18.0 Å². The number of benzene rings is 2. The highest BCUT2D eigenvalue weighted by molar-refractivity contribution is 5.92. The second-order valence-corrected chi connectivity index (χ2v) is 6.94. The van der Waals surface area contributed by atoms with E-state index in [1.54, 1.807) is 19.2 Å². The third-order valence-electron chi connectivity index (χ3n) is 4.96. The summed E-state index contributed by atoms with van der Waals surface area (Å²) in [6.07, 6.45) is 0. The zero-order valence-corrected chi connectivity index (χ0v) is 16.9. The third-order valence-corrected chi connectivity index (χ3v) is 4.96. The molecule has 0 saturated heterocycles. The zero-order valence-electron chi connectivity index (χ0n) is 16.9. The van der Waals surface area contributed by atoms with E-state index in [1.165, 1.54) is 7.11 Å². The number of hydrogen-bond donors (Lipinski definition) is 0. The molecule has 0 fully saturated rings. The summed E-state index contributed by atoms with van der Waals surface area (Å²) in [5.41, 5.74) is 2.75. The molecule has 2 heterocycles. The summed E-state index contributed by atoms with van der Waals surface area (Å²) in [5, 5.41) is 0.477. The van der Waals surface area contributed by atoms with Gasteiger partial charge in [0.2, 0.25) is 18.0 Å². The maximum Gasteiger partial charge on any atom is 0.235 e. The number of nitrogens with zero attached hydrogens (tertiary/aromatic N) is 1. The van der Waals surface area contributed by atoms with Crippen LogP contribution in [0.5, 0.6) is 17.2 Å². The van der Waals surface area contributed by atoms with Crippen LogP contribution >= 0.6 is 0 Å². The molecular formula is C22H23NO6. The average molecular weight is 397 g/mol. The average Bonchev–Trinajstić information content (AvgIpc) is 3.19. The molecule has 3 aromatic rings. The van der Waals surface area contributed by atoms with Gasteiger partial charge in [-0.15, -0.1) is 0 Å². The number of rotatable bonds is 6. The van der Waals surface area contributed by atoms with Crippen LogP contribution in [0, 0.1) is 6.92 Å². The Kier molecular flexibility index (Phi) is 5.07. The SMILES string of the molecule is COCCN(C)c1cc(C)cc2c(=O)c(OC)c(-c3ccc4c(c3)OCO4)oc12. The smallest absolute Gasteiger partial charge is 0.235 e. The Morgan fingerprint density at radius 3 is 2.66 bits per heavy atom. The molecule has 0 atom stereocenters. The Morgan fingerprint density at radius 1 is 1.10 bits per heavy atom. The highest BCUT2D eigenvalue weighted by atomic mass is 16.7. The van der Waals surface area contributed by atoms with Gasteiger partial charge in [0.15, 0.2) is 22.8 Å². The van der Waals surface area contributed by atoms with Gasteiger partial charge in [-0.25, -0.2) is 0 Å². The van der Waals surface area contributed by atoms with E-state index in [1.807, 2.05) is 37.1 Å². The topological polar surface area (TPSA) is 70.4 Å². The lowest BCUT2D eigenvalue weighted by Crippen LogP contribution is -2.23. The summed E-state index contributed by atoms with van der Waals surface area (Å²) >= 11 is 0. The molecule has 2 aromatic carbocycles. The second kappa shape index (κ2) is 7.67. The molecule has 4 rings (SSSR count). The van der Waals surface area contributed by atoms with Crippen LogP contribution in [0.3, 0.4) is 0 Å². The van der Waals surface area contributed by atoms with E-state index in [4.69, 9.17) is 23.4 Å². The summed E-state index contributed by atoms with van der Waals surface area (Å²) in [7, 11) is 5.07. The molecule has 0 radical (unpaired) electrons. The van der Waals surface area contributed by atoms with E-state index in [0.29, 0.717) is 46.9 Å². The van der Waals surface area contributed by atoms with Crippen molar-refractivity contribution >= 4 is 16.7 Å². The molecule has 1 aliphatic heterocycles. The predicted molar refractivity (Wildman–Crippen MR) is 110 cm³/mol. The first kappa shape index (κ1) is 19.1. The highest BCUT2D eigenvalue weighted by Crippen LogP contribution is 2.40. The molecule has 7 heteroatoms. The molecule has 0 bridgehead atoms. The number of fused-ring (bicyclic) bond motifs is 2. The van der Waals surface area contributed by atoms with Gasteiger partial charge in [-0.1, -0.05) is 0 Å². The number of aryl methyl sites for hydroxylation is 1. The molecule has 152 valence electrons. The zero-order chi connectivity index (χ0) is 20.5. The summed E-state index contributed by atoms with van der Waals surface area (Å²) < 4.78 is 27.8. The largest absolute Gasteiger partial charge is 0.490 e. The lowest BCUT2D eigenvalue weighted by atomic mass is 10.1. The molecule has 0 unspecified atom stereocenters. The van der Waals surface area contributed by atoms with Gasteiger partial charge in [-0.3, -0.25) is 4.79 Å². The van der Waals surface area contributed by atoms with Crippen LogP contribution in [0.25, 0.3) is 22.3 Å². The second-order valence-electron chi connectivity index (χ2n) is 6.94. The van der Waals surface area contributed by atoms with Crippen molar-refractivity contribution in [3.63, 3.8) is 0 Å². The molecule has 7 nitrogen and oxygen atoms in total. The highest BCUT2D eigenvalue weighted by Gasteiger charge is 2.22. The van der Waals surface area contributed by atoms with Crippen LogP contribution in [0.1, 0.15) is 5.56 Å². The number of methoxy groups -OCH3 is 2. The van der Waals surface area contributed by atoms with Gasteiger partial charge in [-0.05, 0) is 42.8 Å². The Hall–Kier alpha value is -3.19. The lowest BCUT2D eigenvalue weighted by molar-refractivity contribution is 0.174. The molecular weight excluding hydrogens is 374 g/mol. The van der Waals surface area contributed by atoms with Crippen LogP contribution in [0.15, 0.2) is 39.5 Å². The van der Waals surface area contributed by atoms with Gasteiger partial charge < -0.3 is 28.3 Å². The summed E-state index contributed by atoms with van der Waals surface area (Å²) in [6, 6.07) is 9.22. The van der Waals surface area contributed by atoms with Crippen molar-refractivity contribution < 1.29 is 23.4 Å². The Bertz CT molecular complexity index is 1120. The van der Waals surface area contributed by atoms with E-state index >= 15 is 0 Å². The van der Waals surface area contributed by atoms with E-state index in [0.717, 1.165) is 11.3 Å². The number of hydrogen-bond acceptors (Lipinski definition) is 7. The van der Waals surface area contributed by atoms with Crippen molar-refractivity contribution in [1.82, 2.24) is 0 Å². The van der Waals surface area contributed by atoms with Crippen LogP contribution < -0.4 is 24.5 Å². The maximum absolute atomic E-state index is 13.2. The van der Waals surface area contributed by atoms with Crippen molar-refractivity contribution in [2.45, 2.75) is 6.92 Å². The fourth-order valence-corrected chi connectivity index (χ4v) is 3.45. The number of likely N-dealkylation sites (N-methyl/N-ethyl adjacent to an activating group) is 1. The van der Waals surface area contributed by atoms with E-state index < -0.39 is 0 Å². The minimum Gasteiger partial charge on any atom is -0.490 e. The predicted octanol–water partition coefficient (Wildman–Crippen LogP) is 3.59. The van der Waals surface area contributed by atoms with Crippen molar-refractivity contribution in [2.24, 2.45) is 0 Å². The Labute approximate surface area is 168 Å². The Morgan fingerprint density at radius 2 is 1.90 bits per heavy atom. The lowest BCUT2D eigenvalue weighted by Gasteiger charge is -2.21. The molecule has 1 aromatic heterocycles. The molecule has 0 saturated carbocycles. The number of ether oxygens (including phenoxy) is 4. The summed E-state index contributed by atoms with van der Waals surface area (Å²) in [6.45, 7) is 3.33. The molecule has 0 spiro atoms. The summed E-state index contributed by atoms with van der Waals surface area (Å²) in [5.74, 6) is 1.78. The normalized spacial score (nSPS) is 12.4. The van der Waals surface area contributed by atoms with Crippen molar-refractivity contribution in [3.05, 3.63) is 46.1 Å². The van der Waals surface area contributed by atoms with Crippen LogP contribution in [0.4, 0.5) is 5.69 Å². The fourth-order valence-electron chi connectivity index (χ4n) is 3.45. The monoisotopic (exact) mass is 397 g/mol. The third kappa shape index (κ3) is 3.38. The van der Waals surface area contributed by atoms with Gasteiger partial charge in [-0.2, -0.15) is 0 Å². The van der Waals surface area contributed by atoms with E-state index in [9.17, 15) is 4.79 Å². The minimum atomic E-state index is -0.216. The first-order valence-electron chi connectivity index (χ1n) is 9.29.